The van der Waals surface area contributed by atoms with Crippen LogP contribution in [0.4, 0.5) is 4.79 Å². The van der Waals surface area contributed by atoms with Gasteiger partial charge in [-0.15, -0.1) is 0 Å². The van der Waals surface area contributed by atoms with Crippen molar-refractivity contribution in [2.24, 2.45) is 0 Å². The monoisotopic (exact) mass is 390 g/mol. The zero-order valence-corrected chi connectivity index (χ0v) is 17.6. The third-order valence-electron chi connectivity index (χ3n) is 4.81. The smallest absolute Gasteiger partial charge is 0.407 e. The van der Waals surface area contributed by atoms with Gasteiger partial charge in [-0.05, 0) is 57.7 Å². The van der Waals surface area contributed by atoms with Crippen LogP contribution in [0.15, 0.2) is 24.3 Å². The molecule has 28 heavy (non-hydrogen) atoms. The van der Waals surface area contributed by atoms with Gasteiger partial charge in [-0.3, -0.25) is 4.79 Å². The van der Waals surface area contributed by atoms with Crippen LogP contribution in [-0.4, -0.2) is 42.7 Å². The second-order valence-electron chi connectivity index (χ2n) is 8.26. The minimum Gasteiger partial charge on any atom is -0.497 e. The average molecular weight is 391 g/mol. The van der Waals surface area contributed by atoms with Gasteiger partial charge in [-0.25, -0.2) is 4.79 Å². The van der Waals surface area contributed by atoms with Gasteiger partial charge >= 0.3 is 6.09 Å². The Kier molecular flexibility index (Phi) is 8.15. The number of nitrogens with zero attached hydrogens (tertiary/aromatic N) is 1. The molecule has 0 radical (unpaired) electrons. The second-order valence-corrected chi connectivity index (χ2v) is 8.26. The fourth-order valence-electron chi connectivity index (χ4n) is 3.47. The molecular weight excluding hydrogens is 356 g/mol. The molecule has 0 aliphatic carbocycles. The van der Waals surface area contributed by atoms with Crippen molar-refractivity contribution in [2.75, 3.05) is 20.2 Å². The molecule has 0 spiro atoms. The SMILES string of the molecule is COc1ccc(C2CCCCCN2C(=O)CCCNC(=O)OC(C)(C)C)cc1. The number of hydrogen-bond acceptors (Lipinski definition) is 4. The molecule has 0 bridgehead atoms. The highest BCUT2D eigenvalue weighted by Gasteiger charge is 2.26. The Hall–Kier alpha value is -2.24. The number of methoxy groups -OCH3 is 1. The summed E-state index contributed by atoms with van der Waals surface area (Å²) in [5.74, 6) is 0.970. The quantitative estimate of drug-likeness (QED) is 0.729. The van der Waals surface area contributed by atoms with Gasteiger partial charge in [0.05, 0.1) is 13.2 Å². The number of alkyl carbamates (subject to hydrolysis) is 1. The van der Waals surface area contributed by atoms with Gasteiger partial charge in [0.15, 0.2) is 0 Å². The van der Waals surface area contributed by atoms with Crippen LogP contribution in [0, 0.1) is 0 Å². The lowest BCUT2D eigenvalue weighted by molar-refractivity contribution is -0.133. The second kappa shape index (κ2) is 10.3. The molecule has 1 atom stereocenters. The first-order chi connectivity index (χ1) is 13.3. The summed E-state index contributed by atoms with van der Waals surface area (Å²) < 4.78 is 10.5. The van der Waals surface area contributed by atoms with Crippen molar-refractivity contribution in [1.82, 2.24) is 10.2 Å². The number of carbonyl (C=O) groups excluding carboxylic acids is 2. The number of ether oxygens (including phenoxy) is 2. The largest absolute Gasteiger partial charge is 0.497 e. The minimum atomic E-state index is -0.516. The first kappa shape index (κ1) is 22.1. The highest BCUT2D eigenvalue weighted by Crippen LogP contribution is 2.31. The summed E-state index contributed by atoms with van der Waals surface area (Å²) in [5.41, 5.74) is 0.639. The number of nitrogens with one attached hydrogen (secondary N) is 1. The zero-order valence-electron chi connectivity index (χ0n) is 17.6. The molecule has 1 aliphatic rings. The van der Waals surface area contributed by atoms with E-state index < -0.39 is 11.7 Å². The van der Waals surface area contributed by atoms with E-state index in [1.807, 2.05) is 37.8 Å². The number of carbonyl (C=O) groups is 2. The van der Waals surface area contributed by atoms with Crippen molar-refractivity contribution < 1.29 is 19.1 Å². The fourth-order valence-corrected chi connectivity index (χ4v) is 3.47. The van der Waals surface area contributed by atoms with Crippen LogP contribution in [-0.2, 0) is 9.53 Å². The molecule has 0 aromatic heterocycles. The van der Waals surface area contributed by atoms with E-state index in [9.17, 15) is 9.59 Å². The molecule has 1 fully saturated rings. The Balaban J connectivity index is 1.90. The maximum absolute atomic E-state index is 12.9. The van der Waals surface area contributed by atoms with E-state index in [0.717, 1.165) is 43.5 Å². The van der Waals surface area contributed by atoms with Gasteiger partial charge in [0, 0.05) is 19.5 Å². The zero-order chi connectivity index (χ0) is 20.6. The first-order valence-corrected chi connectivity index (χ1v) is 10.2. The molecule has 156 valence electrons. The van der Waals surface area contributed by atoms with Gasteiger partial charge in [0.2, 0.25) is 5.91 Å². The van der Waals surface area contributed by atoms with Crippen LogP contribution >= 0.6 is 0 Å². The highest BCUT2D eigenvalue weighted by molar-refractivity contribution is 5.77. The van der Waals surface area contributed by atoms with Crippen molar-refractivity contribution in [2.45, 2.75) is 70.9 Å². The lowest BCUT2D eigenvalue weighted by atomic mass is 10.00. The van der Waals surface area contributed by atoms with Crippen molar-refractivity contribution in [3.8, 4) is 5.75 Å². The van der Waals surface area contributed by atoms with Crippen molar-refractivity contribution in [3.63, 3.8) is 0 Å². The molecule has 0 saturated carbocycles. The topological polar surface area (TPSA) is 67.9 Å². The Morgan fingerprint density at radius 2 is 1.86 bits per heavy atom. The fraction of sp³-hybridized carbons (Fsp3) is 0.636. The summed E-state index contributed by atoms with van der Waals surface area (Å²) in [5, 5.41) is 2.72. The molecule has 1 aromatic rings. The molecule has 2 rings (SSSR count). The Morgan fingerprint density at radius 1 is 1.14 bits per heavy atom. The third-order valence-corrected chi connectivity index (χ3v) is 4.81. The number of benzene rings is 1. The number of likely N-dealkylation sites (tertiary alicyclic amines) is 1. The van der Waals surface area contributed by atoms with Gasteiger partial charge in [0.25, 0.3) is 0 Å². The van der Waals surface area contributed by atoms with E-state index in [-0.39, 0.29) is 11.9 Å². The van der Waals surface area contributed by atoms with E-state index in [0.29, 0.717) is 19.4 Å². The summed E-state index contributed by atoms with van der Waals surface area (Å²) in [6.07, 6.45) is 4.87. The van der Waals surface area contributed by atoms with Crippen LogP contribution < -0.4 is 10.1 Å². The lowest BCUT2D eigenvalue weighted by Gasteiger charge is -2.31. The van der Waals surface area contributed by atoms with Crippen molar-refractivity contribution in [1.29, 1.82) is 0 Å². The van der Waals surface area contributed by atoms with E-state index in [1.54, 1.807) is 7.11 Å². The van der Waals surface area contributed by atoms with Crippen molar-refractivity contribution >= 4 is 12.0 Å². The molecule has 2 amide bonds. The minimum absolute atomic E-state index is 0.111. The molecule has 1 unspecified atom stereocenters. The maximum atomic E-state index is 12.9. The predicted molar refractivity (Wildman–Crippen MR) is 109 cm³/mol. The van der Waals surface area contributed by atoms with Crippen LogP contribution in [0.2, 0.25) is 0 Å². The summed E-state index contributed by atoms with van der Waals surface area (Å²) in [4.78, 5) is 26.6. The first-order valence-electron chi connectivity index (χ1n) is 10.2. The summed E-state index contributed by atoms with van der Waals surface area (Å²) in [6, 6.07) is 8.12. The van der Waals surface area contributed by atoms with Gasteiger partial charge in [-0.1, -0.05) is 25.0 Å². The van der Waals surface area contributed by atoms with E-state index in [1.165, 1.54) is 0 Å². The molecule has 1 heterocycles. The molecule has 1 aliphatic heterocycles. The van der Waals surface area contributed by atoms with Crippen LogP contribution in [0.5, 0.6) is 5.75 Å². The number of hydrogen-bond donors (Lipinski definition) is 1. The van der Waals surface area contributed by atoms with E-state index >= 15 is 0 Å². The van der Waals surface area contributed by atoms with E-state index in [4.69, 9.17) is 9.47 Å². The molecule has 6 heteroatoms. The van der Waals surface area contributed by atoms with Crippen molar-refractivity contribution in [3.05, 3.63) is 29.8 Å². The average Bonchev–Trinajstić information content (AvgIpc) is 2.90. The number of amides is 2. The summed E-state index contributed by atoms with van der Waals surface area (Å²) >= 11 is 0. The van der Waals surface area contributed by atoms with Gasteiger partial charge in [0.1, 0.15) is 11.4 Å². The molecular formula is C22H34N2O4. The predicted octanol–water partition coefficient (Wildman–Crippen LogP) is 4.44. The molecule has 6 nitrogen and oxygen atoms in total. The summed E-state index contributed by atoms with van der Waals surface area (Å²) in [6.45, 7) is 6.70. The van der Waals surface area contributed by atoms with Gasteiger partial charge < -0.3 is 19.7 Å². The Labute approximate surface area is 168 Å². The standard InChI is InChI=1S/C22H34N2O4/c1-22(2,3)28-21(26)23-15-8-10-20(25)24-16-7-5-6-9-19(24)17-11-13-18(27-4)14-12-17/h11-14,19H,5-10,15-16H2,1-4H3,(H,23,26). The Morgan fingerprint density at radius 3 is 2.50 bits per heavy atom. The molecule has 1 N–H and O–H groups in total. The molecule has 1 saturated heterocycles. The van der Waals surface area contributed by atoms with Crippen LogP contribution in [0.25, 0.3) is 0 Å². The lowest BCUT2D eigenvalue weighted by Crippen LogP contribution is -2.36. The highest BCUT2D eigenvalue weighted by atomic mass is 16.6. The molecule has 1 aromatic carbocycles. The Bertz CT molecular complexity index is 637. The van der Waals surface area contributed by atoms with Crippen LogP contribution in [0.3, 0.4) is 0 Å². The van der Waals surface area contributed by atoms with Crippen LogP contribution in [0.1, 0.15) is 70.9 Å². The number of rotatable bonds is 6. The summed E-state index contributed by atoms with van der Waals surface area (Å²) in [7, 11) is 1.65. The van der Waals surface area contributed by atoms with Gasteiger partial charge in [-0.2, -0.15) is 0 Å². The van der Waals surface area contributed by atoms with E-state index in [2.05, 4.69) is 17.4 Å². The normalized spacial score (nSPS) is 17.6. The maximum Gasteiger partial charge on any atom is 0.407 e. The third kappa shape index (κ3) is 7.06.